The molecule has 0 saturated heterocycles. The molecule has 0 aliphatic rings. The Bertz CT molecular complexity index is 1050. The zero-order chi connectivity index (χ0) is 22.2. The summed E-state index contributed by atoms with van der Waals surface area (Å²) in [6.07, 6.45) is -0.835. The van der Waals surface area contributed by atoms with Gasteiger partial charge in [0.25, 0.3) is 5.69 Å². The van der Waals surface area contributed by atoms with Gasteiger partial charge in [-0.25, -0.2) is 9.59 Å². The number of nitrogens with zero attached hydrogens (tertiary/aromatic N) is 1. The lowest BCUT2D eigenvalue weighted by atomic mass is 10.1. The van der Waals surface area contributed by atoms with Gasteiger partial charge in [-0.05, 0) is 42.0 Å². The summed E-state index contributed by atoms with van der Waals surface area (Å²) in [7, 11) is 1.53. The number of nitro benzene ring substituents is 1. The third kappa shape index (κ3) is 5.66. The first kappa shape index (κ1) is 21.5. The standard InChI is InChI=1S/C23H19NO7/c1-29-20-13-9-18(10-14-20)23(26)31-21(16-5-3-2-4-6-16)15-30-22(25)17-7-11-19(12-8-17)24(27)28/h2-14,21H,15H2,1H3. The summed E-state index contributed by atoms with van der Waals surface area (Å²) in [6, 6.07) is 20.4. The minimum atomic E-state index is -0.835. The highest BCUT2D eigenvalue weighted by Gasteiger charge is 2.21. The molecule has 1 unspecified atom stereocenters. The summed E-state index contributed by atoms with van der Waals surface area (Å²) in [5.41, 5.74) is 0.996. The molecule has 0 bridgehead atoms. The molecule has 0 aliphatic carbocycles. The molecule has 0 aromatic heterocycles. The second-order valence-corrected chi connectivity index (χ2v) is 6.44. The molecule has 31 heavy (non-hydrogen) atoms. The number of ether oxygens (including phenoxy) is 3. The van der Waals surface area contributed by atoms with Gasteiger partial charge in [-0.1, -0.05) is 30.3 Å². The van der Waals surface area contributed by atoms with E-state index in [2.05, 4.69) is 0 Å². The Kier molecular flexibility index (Phi) is 6.95. The average molecular weight is 421 g/mol. The Morgan fingerprint density at radius 2 is 1.45 bits per heavy atom. The highest BCUT2D eigenvalue weighted by molar-refractivity contribution is 5.90. The molecule has 0 saturated carbocycles. The van der Waals surface area contributed by atoms with Crippen molar-refractivity contribution in [1.29, 1.82) is 0 Å². The van der Waals surface area contributed by atoms with Gasteiger partial charge in [0.1, 0.15) is 12.4 Å². The molecule has 8 heteroatoms. The first-order chi connectivity index (χ1) is 15.0. The fourth-order valence-electron chi connectivity index (χ4n) is 2.74. The van der Waals surface area contributed by atoms with Crippen molar-refractivity contribution in [1.82, 2.24) is 0 Å². The van der Waals surface area contributed by atoms with Crippen LogP contribution in [0.2, 0.25) is 0 Å². The molecule has 8 nitrogen and oxygen atoms in total. The normalized spacial score (nSPS) is 11.3. The summed E-state index contributed by atoms with van der Waals surface area (Å²) in [5.74, 6) is -0.660. The molecule has 3 aromatic carbocycles. The maximum Gasteiger partial charge on any atom is 0.338 e. The van der Waals surface area contributed by atoms with E-state index in [1.54, 1.807) is 48.5 Å². The fraction of sp³-hybridized carbons (Fsp3) is 0.130. The number of hydrogen-bond acceptors (Lipinski definition) is 7. The predicted octanol–water partition coefficient (Wildman–Crippen LogP) is 4.36. The zero-order valence-electron chi connectivity index (χ0n) is 16.6. The van der Waals surface area contributed by atoms with Gasteiger partial charge in [0.15, 0.2) is 6.10 Å². The molecular formula is C23H19NO7. The number of hydrogen-bond donors (Lipinski definition) is 0. The number of esters is 2. The summed E-state index contributed by atoms with van der Waals surface area (Å²) in [5, 5.41) is 10.7. The van der Waals surface area contributed by atoms with E-state index in [-0.39, 0.29) is 17.9 Å². The van der Waals surface area contributed by atoms with Crippen LogP contribution in [-0.2, 0) is 9.47 Å². The van der Waals surface area contributed by atoms with Crippen LogP contribution in [0.5, 0.6) is 5.75 Å². The summed E-state index contributed by atoms with van der Waals surface area (Å²) < 4.78 is 16.0. The van der Waals surface area contributed by atoms with Crippen LogP contribution in [0.25, 0.3) is 0 Å². The van der Waals surface area contributed by atoms with E-state index in [1.807, 2.05) is 6.07 Å². The van der Waals surface area contributed by atoms with E-state index < -0.39 is 23.0 Å². The predicted molar refractivity (Wildman–Crippen MR) is 111 cm³/mol. The van der Waals surface area contributed by atoms with Crippen molar-refractivity contribution >= 4 is 17.6 Å². The molecule has 0 fully saturated rings. The van der Waals surface area contributed by atoms with Crippen molar-refractivity contribution in [2.24, 2.45) is 0 Å². The van der Waals surface area contributed by atoms with Gasteiger partial charge in [0, 0.05) is 12.1 Å². The van der Waals surface area contributed by atoms with Crippen LogP contribution >= 0.6 is 0 Å². The van der Waals surface area contributed by atoms with Crippen molar-refractivity contribution < 1.29 is 28.7 Å². The Morgan fingerprint density at radius 1 is 0.871 bits per heavy atom. The first-order valence-electron chi connectivity index (χ1n) is 9.29. The SMILES string of the molecule is COc1ccc(C(=O)OC(COC(=O)c2ccc([N+](=O)[O-])cc2)c2ccccc2)cc1. The van der Waals surface area contributed by atoms with Gasteiger partial charge < -0.3 is 14.2 Å². The van der Waals surface area contributed by atoms with E-state index >= 15 is 0 Å². The summed E-state index contributed by atoms with van der Waals surface area (Å²) in [4.78, 5) is 35.1. The van der Waals surface area contributed by atoms with E-state index in [0.717, 1.165) is 0 Å². The number of carbonyl (C=O) groups excluding carboxylic acids is 2. The first-order valence-corrected chi connectivity index (χ1v) is 9.29. The van der Waals surface area contributed by atoms with Crippen LogP contribution < -0.4 is 4.74 Å². The molecule has 0 heterocycles. The molecule has 3 aromatic rings. The second kappa shape index (κ2) is 10.0. The van der Waals surface area contributed by atoms with Crippen molar-refractivity contribution in [3.63, 3.8) is 0 Å². The molecule has 3 rings (SSSR count). The Labute approximate surface area is 178 Å². The second-order valence-electron chi connectivity index (χ2n) is 6.44. The number of benzene rings is 3. The van der Waals surface area contributed by atoms with Gasteiger partial charge in [-0.2, -0.15) is 0 Å². The van der Waals surface area contributed by atoms with Crippen LogP contribution in [0.1, 0.15) is 32.4 Å². The van der Waals surface area contributed by atoms with Gasteiger partial charge in [-0.15, -0.1) is 0 Å². The highest BCUT2D eigenvalue weighted by atomic mass is 16.6. The topological polar surface area (TPSA) is 105 Å². The molecule has 0 spiro atoms. The number of nitro groups is 1. The number of rotatable bonds is 8. The van der Waals surface area contributed by atoms with Crippen molar-refractivity contribution in [3.05, 3.63) is 106 Å². The zero-order valence-corrected chi connectivity index (χ0v) is 16.6. The van der Waals surface area contributed by atoms with Gasteiger partial charge in [0.2, 0.25) is 0 Å². The Balaban J connectivity index is 1.71. The number of non-ortho nitro benzene ring substituents is 1. The lowest BCUT2D eigenvalue weighted by molar-refractivity contribution is -0.384. The minimum Gasteiger partial charge on any atom is -0.497 e. The molecule has 1 atom stereocenters. The van der Waals surface area contributed by atoms with Crippen LogP contribution in [0.15, 0.2) is 78.9 Å². The fourth-order valence-corrected chi connectivity index (χ4v) is 2.74. The highest BCUT2D eigenvalue weighted by Crippen LogP contribution is 2.22. The minimum absolute atomic E-state index is 0.132. The quantitative estimate of drug-likeness (QED) is 0.302. The summed E-state index contributed by atoms with van der Waals surface area (Å²) in [6.45, 7) is -0.221. The molecule has 0 aliphatic heterocycles. The molecule has 0 amide bonds. The lowest BCUT2D eigenvalue weighted by Crippen LogP contribution is -2.19. The number of methoxy groups -OCH3 is 1. The average Bonchev–Trinajstić information content (AvgIpc) is 2.82. The van der Waals surface area contributed by atoms with Crippen LogP contribution in [0, 0.1) is 10.1 Å². The third-order valence-corrected chi connectivity index (χ3v) is 4.43. The number of carbonyl (C=O) groups is 2. The van der Waals surface area contributed by atoms with Gasteiger partial charge in [0.05, 0.1) is 23.2 Å². The van der Waals surface area contributed by atoms with Crippen molar-refractivity contribution in [3.8, 4) is 5.75 Å². The Hall–Kier alpha value is -4.20. The van der Waals surface area contributed by atoms with Crippen LogP contribution in [0.4, 0.5) is 5.69 Å². The van der Waals surface area contributed by atoms with E-state index in [4.69, 9.17) is 14.2 Å². The summed E-state index contributed by atoms with van der Waals surface area (Å²) >= 11 is 0. The lowest BCUT2D eigenvalue weighted by Gasteiger charge is -2.18. The van der Waals surface area contributed by atoms with Gasteiger partial charge >= 0.3 is 11.9 Å². The molecular weight excluding hydrogens is 402 g/mol. The third-order valence-electron chi connectivity index (χ3n) is 4.43. The monoisotopic (exact) mass is 421 g/mol. The largest absolute Gasteiger partial charge is 0.497 e. The molecule has 0 N–H and O–H groups in total. The maximum absolute atomic E-state index is 12.6. The maximum atomic E-state index is 12.6. The van der Waals surface area contributed by atoms with Crippen molar-refractivity contribution in [2.45, 2.75) is 6.10 Å². The van der Waals surface area contributed by atoms with Crippen molar-refractivity contribution in [2.75, 3.05) is 13.7 Å². The van der Waals surface area contributed by atoms with Crippen LogP contribution in [-0.4, -0.2) is 30.6 Å². The molecule has 0 radical (unpaired) electrons. The van der Waals surface area contributed by atoms with Crippen LogP contribution in [0.3, 0.4) is 0 Å². The van der Waals surface area contributed by atoms with Gasteiger partial charge in [-0.3, -0.25) is 10.1 Å². The van der Waals surface area contributed by atoms with E-state index in [9.17, 15) is 19.7 Å². The smallest absolute Gasteiger partial charge is 0.338 e. The molecule has 158 valence electrons. The Morgan fingerprint density at radius 3 is 2.03 bits per heavy atom. The van der Waals surface area contributed by atoms with E-state index in [1.165, 1.54) is 31.4 Å². The van der Waals surface area contributed by atoms with E-state index in [0.29, 0.717) is 16.9 Å².